The zero-order valence-corrected chi connectivity index (χ0v) is 14.7. The Hall–Kier alpha value is -2.84. The van der Waals surface area contributed by atoms with E-state index in [-0.39, 0.29) is 11.6 Å². The molecule has 0 fully saturated rings. The number of aliphatic carboxylic acids is 1. The number of carbonyl (C=O) groups is 1. The minimum absolute atomic E-state index is 0.0347. The quantitative estimate of drug-likeness (QED) is 0.701. The Labute approximate surface area is 153 Å². The second kappa shape index (κ2) is 6.71. The molecule has 3 heterocycles. The summed E-state index contributed by atoms with van der Waals surface area (Å²) in [4.78, 5) is 13.3. The number of carboxylic acid groups (broad SMARTS) is 1. The maximum Gasteiger partial charge on any atom is 0.430 e. The lowest BCUT2D eigenvalue weighted by Crippen LogP contribution is -2.65. The third kappa shape index (κ3) is 3.54. The average molecular weight is 381 g/mol. The second-order valence-corrected chi connectivity index (χ2v) is 6.83. The van der Waals surface area contributed by atoms with Crippen molar-refractivity contribution in [3.63, 3.8) is 0 Å². The van der Waals surface area contributed by atoms with E-state index < -0.39 is 12.1 Å². The Morgan fingerprint density at radius 3 is 2.67 bits per heavy atom. The van der Waals surface area contributed by atoms with Crippen LogP contribution in [0.15, 0.2) is 42.7 Å². The van der Waals surface area contributed by atoms with Crippen molar-refractivity contribution in [3.8, 4) is 5.75 Å². The Morgan fingerprint density at radius 2 is 2.00 bits per heavy atom. The van der Waals surface area contributed by atoms with Crippen LogP contribution in [0, 0.1) is 5.92 Å². The zero-order chi connectivity index (χ0) is 19.8. The molecule has 2 atom stereocenters. The van der Waals surface area contributed by atoms with Crippen molar-refractivity contribution in [1.82, 2.24) is 4.98 Å². The van der Waals surface area contributed by atoms with Gasteiger partial charge in [-0.3, -0.25) is 5.32 Å². The summed E-state index contributed by atoms with van der Waals surface area (Å²) in [6.07, 6.45) is -1.27. The Balaban J connectivity index is 0.000000260. The van der Waals surface area contributed by atoms with E-state index in [1.54, 1.807) is 0 Å². The highest BCUT2D eigenvalue weighted by Crippen LogP contribution is 2.44. The fraction of sp³-hybridized carbons (Fsp3) is 0.389. The van der Waals surface area contributed by atoms with Crippen molar-refractivity contribution in [2.24, 2.45) is 5.92 Å². The minimum Gasteiger partial charge on any atom is -0.542 e. The number of halogens is 3. The molecule has 2 aliphatic rings. The summed E-state index contributed by atoms with van der Waals surface area (Å²) in [5.41, 5.74) is 1.20. The van der Waals surface area contributed by atoms with E-state index in [9.17, 15) is 13.2 Å². The lowest BCUT2D eigenvalue weighted by molar-refractivity contribution is -0.761. The highest BCUT2D eigenvalue weighted by Gasteiger charge is 2.50. The van der Waals surface area contributed by atoms with Crippen LogP contribution in [0.4, 0.5) is 19.1 Å². The molecule has 0 bridgehead atoms. The van der Waals surface area contributed by atoms with Crippen LogP contribution in [-0.4, -0.2) is 23.7 Å². The van der Waals surface area contributed by atoms with Gasteiger partial charge in [-0.15, -0.1) is 0 Å². The molecule has 4 rings (SSSR count). The van der Waals surface area contributed by atoms with Gasteiger partial charge in [0, 0.05) is 11.6 Å². The molecule has 0 radical (unpaired) electrons. The zero-order valence-electron chi connectivity index (χ0n) is 14.7. The molecule has 27 heavy (non-hydrogen) atoms. The number of ether oxygens (including phenoxy) is 1. The normalized spacial score (nSPS) is 21.8. The number of carboxylic acids is 1. The molecule has 2 aliphatic heterocycles. The summed E-state index contributed by atoms with van der Waals surface area (Å²) in [6.45, 7) is 5.24. The summed E-state index contributed by atoms with van der Waals surface area (Å²) in [7, 11) is 0. The molecule has 1 N–H and O–H groups in total. The van der Waals surface area contributed by atoms with Gasteiger partial charge in [-0.1, -0.05) is 23.2 Å². The third-order valence-corrected chi connectivity index (χ3v) is 4.87. The molecule has 0 aliphatic carbocycles. The van der Waals surface area contributed by atoms with Crippen molar-refractivity contribution >= 4 is 11.9 Å². The number of hydrogen-bond acceptors (Lipinski definition) is 5. The van der Waals surface area contributed by atoms with Gasteiger partial charge >= 0.3 is 12.1 Å². The van der Waals surface area contributed by atoms with Gasteiger partial charge in [-0.2, -0.15) is 13.2 Å². The van der Waals surface area contributed by atoms with Gasteiger partial charge in [-0.05, 0) is 19.9 Å². The van der Waals surface area contributed by atoms with Gasteiger partial charge in [-0.25, -0.2) is 4.57 Å². The number of anilines is 1. The highest BCUT2D eigenvalue weighted by atomic mass is 19.4. The molecule has 0 spiro atoms. The van der Waals surface area contributed by atoms with Crippen LogP contribution < -0.4 is 19.7 Å². The molecule has 0 amide bonds. The molecular formula is C18H18F3N3O3. The highest BCUT2D eigenvalue weighted by molar-refractivity contribution is 5.70. The SMILES string of the molecule is CC1(C)[C@H]2COc3ccccc3[C@@H]2Nc2nccc[n+]21.O=C([O-])C(F)(F)F. The molecule has 2 aromatic rings. The maximum atomic E-state index is 10.5. The van der Waals surface area contributed by atoms with Gasteiger partial charge < -0.3 is 14.6 Å². The van der Waals surface area contributed by atoms with Gasteiger partial charge in [0.25, 0.3) is 0 Å². The van der Waals surface area contributed by atoms with E-state index >= 15 is 0 Å². The number of hydrogen-bond donors (Lipinski definition) is 1. The Morgan fingerprint density at radius 1 is 1.33 bits per heavy atom. The standard InChI is InChI=1S/C16H17N3O.C2HF3O2/c1-16(2)12-10-20-13-7-4-3-6-11(13)14(12)18-15-17-8-5-9-19(15)16;3-2(4,5)1(6)7/h3-9,12,14H,10H2,1-2H3;(H,6,7)/t12-,14-;/m0./s1. The van der Waals surface area contributed by atoms with Gasteiger partial charge in [0.05, 0.1) is 24.3 Å². The summed E-state index contributed by atoms with van der Waals surface area (Å²) < 4.78 is 39.7. The molecule has 0 unspecified atom stereocenters. The van der Waals surface area contributed by atoms with Crippen molar-refractivity contribution in [2.75, 3.05) is 11.9 Å². The van der Waals surface area contributed by atoms with E-state index in [1.165, 1.54) is 5.56 Å². The molecule has 6 nitrogen and oxygen atoms in total. The number of benzene rings is 1. The molecule has 1 aromatic carbocycles. The molecule has 0 saturated carbocycles. The Bertz CT molecular complexity index is 855. The number of aromatic nitrogens is 2. The van der Waals surface area contributed by atoms with E-state index in [0.717, 1.165) is 18.3 Å². The molecule has 1 aromatic heterocycles. The van der Waals surface area contributed by atoms with Gasteiger partial charge in [0.2, 0.25) is 0 Å². The van der Waals surface area contributed by atoms with Crippen molar-refractivity contribution in [3.05, 3.63) is 48.3 Å². The van der Waals surface area contributed by atoms with Crippen molar-refractivity contribution in [2.45, 2.75) is 31.6 Å². The lowest BCUT2D eigenvalue weighted by Gasteiger charge is -2.44. The fourth-order valence-electron chi connectivity index (χ4n) is 3.41. The second-order valence-electron chi connectivity index (χ2n) is 6.83. The van der Waals surface area contributed by atoms with Crippen LogP contribution in [0.25, 0.3) is 0 Å². The predicted octanol–water partition coefficient (Wildman–Crippen LogP) is 1.58. The van der Waals surface area contributed by atoms with Gasteiger partial charge in [0.1, 0.15) is 24.0 Å². The van der Waals surface area contributed by atoms with E-state index in [0.29, 0.717) is 5.92 Å². The first-order valence-corrected chi connectivity index (χ1v) is 8.26. The lowest BCUT2D eigenvalue weighted by atomic mass is 9.76. The predicted molar refractivity (Wildman–Crippen MR) is 86.6 cm³/mol. The molecule has 9 heteroatoms. The van der Waals surface area contributed by atoms with Crippen LogP contribution in [0.2, 0.25) is 0 Å². The van der Waals surface area contributed by atoms with Crippen LogP contribution in [-0.2, 0) is 10.3 Å². The first-order chi connectivity index (χ1) is 12.6. The minimum atomic E-state index is -5.19. The van der Waals surface area contributed by atoms with E-state index in [2.05, 4.69) is 47.0 Å². The molecule has 144 valence electrons. The maximum absolute atomic E-state index is 10.5. The number of alkyl halides is 3. The summed E-state index contributed by atoms with van der Waals surface area (Å²) in [5, 5.41) is 12.4. The molecular weight excluding hydrogens is 363 g/mol. The van der Waals surface area contributed by atoms with E-state index in [1.807, 2.05) is 24.4 Å². The topological polar surface area (TPSA) is 78.2 Å². The van der Waals surface area contributed by atoms with Gasteiger partial charge in [0.15, 0.2) is 0 Å². The number of nitrogens with one attached hydrogen (secondary N) is 1. The van der Waals surface area contributed by atoms with Crippen LogP contribution in [0.3, 0.4) is 0 Å². The summed E-state index contributed by atoms with van der Waals surface area (Å²) in [5.74, 6) is -0.719. The number of carbonyl (C=O) groups excluding carboxylic acids is 1. The van der Waals surface area contributed by atoms with Crippen LogP contribution in [0.5, 0.6) is 5.75 Å². The summed E-state index contributed by atoms with van der Waals surface area (Å²) in [6, 6.07) is 10.5. The number of nitrogens with zero attached hydrogens (tertiary/aromatic N) is 2. The van der Waals surface area contributed by atoms with Crippen LogP contribution >= 0.6 is 0 Å². The summed E-state index contributed by atoms with van der Waals surface area (Å²) >= 11 is 0. The number of para-hydroxylation sites is 1. The van der Waals surface area contributed by atoms with Crippen molar-refractivity contribution < 1.29 is 32.4 Å². The first-order valence-electron chi connectivity index (χ1n) is 8.26. The smallest absolute Gasteiger partial charge is 0.430 e. The van der Waals surface area contributed by atoms with Crippen molar-refractivity contribution in [1.29, 1.82) is 0 Å². The Kier molecular flexibility index (Phi) is 4.71. The number of rotatable bonds is 0. The third-order valence-electron chi connectivity index (χ3n) is 4.87. The fourth-order valence-corrected chi connectivity index (χ4v) is 3.41. The van der Waals surface area contributed by atoms with Crippen LogP contribution in [0.1, 0.15) is 25.5 Å². The molecule has 0 saturated heterocycles. The largest absolute Gasteiger partial charge is 0.542 e. The first kappa shape index (κ1) is 18.9. The number of fused-ring (bicyclic) bond motifs is 4. The monoisotopic (exact) mass is 381 g/mol. The van der Waals surface area contributed by atoms with E-state index in [4.69, 9.17) is 14.6 Å². The average Bonchev–Trinajstić information content (AvgIpc) is 2.61.